The molecule has 0 radical (unpaired) electrons. The van der Waals surface area contributed by atoms with Gasteiger partial charge >= 0.3 is 6.03 Å². The molecule has 0 heterocycles. The van der Waals surface area contributed by atoms with Crippen molar-refractivity contribution < 1.29 is 14.0 Å². The smallest absolute Gasteiger partial charge is 0.319 e. The Morgan fingerprint density at radius 3 is 2.14 bits per heavy atom. The number of halogens is 1. The van der Waals surface area contributed by atoms with E-state index in [1.54, 1.807) is 24.3 Å². The van der Waals surface area contributed by atoms with Crippen LogP contribution in [0.5, 0.6) is 0 Å². The molecule has 2 aromatic carbocycles. The van der Waals surface area contributed by atoms with Crippen molar-refractivity contribution in [3.8, 4) is 0 Å². The van der Waals surface area contributed by atoms with Crippen LogP contribution in [0.4, 0.5) is 14.9 Å². The fourth-order valence-electron chi connectivity index (χ4n) is 3.59. The van der Waals surface area contributed by atoms with Crippen LogP contribution in [0, 0.1) is 17.7 Å². The maximum Gasteiger partial charge on any atom is 0.319 e. The van der Waals surface area contributed by atoms with E-state index < -0.39 is 0 Å². The van der Waals surface area contributed by atoms with Gasteiger partial charge in [0.05, 0.1) is 0 Å². The summed E-state index contributed by atoms with van der Waals surface area (Å²) in [6, 6.07) is 13.0. The Bertz CT molecular complexity index is 815. The number of rotatable bonds is 8. The highest BCUT2D eigenvalue weighted by Gasteiger charge is 2.33. The van der Waals surface area contributed by atoms with Gasteiger partial charge in [-0.05, 0) is 54.2 Å². The molecule has 1 aliphatic carbocycles. The van der Waals surface area contributed by atoms with Crippen LogP contribution in [0.15, 0.2) is 48.5 Å². The van der Waals surface area contributed by atoms with Crippen LogP contribution in [0.2, 0.25) is 0 Å². The first-order valence-electron chi connectivity index (χ1n) is 10.2. The number of hydrogen-bond donors (Lipinski definition) is 3. The predicted octanol–water partition coefficient (Wildman–Crippen LogP) is 4.59. The van der Waals surface area contributed by atoms with Gasteiger partial charge in [-0.3, -0.25) is 4.79 Å². The van der Waals surface area contributed by atoms with E-state index in [4.69, 9.17) is 0 Å². The zero-order valence-electron chi connectivity index (χ0n) is 16.7. The lowest BCUT2D eigenvalue weighted by Crippen LogP contribution is -2.38. The Morgan fingerprint density at radius 1 is 0.931 bits per heavy atom. The van der Waals surface area contributed by atoms with E-state index >= 15 is 0 Å². The molecular formula is C23H28FN3O2. The molecular weight excluding hydrogens is 369 g/mol. The highest BCUT2D eigenvalue weighted by molar-refractivity contribution is 5.89. The first-order chi connectivity index (χ1) is 14.0. The predicted molar refractivity (Wildman–Crippen MR) is 112 cm³/mol. The average Bonchev–Trinajstić information content (AvgIpc) is 2.69. The van der Waals surface area contributed by atoms with Crippen LogP contribution in [-0.2, 0) is 17.9 Å². The van der Waals surface area contributed by atoms with Gasteiger partial charge in [-0.15, -0.1) is 0 Å². The molecule has 3 rings (SSSR count). The topological polar surface area (TPSA) is 70.2 Å². The van der Waals surface area contributed by atoms with E-state index in [1.165, 1.54) is 25.0 Å². The highest BCUT2D eigenvalue weighted by atomic mass is 19.1. The Kier molecular flexibility index (Phi) is 7.22. The number of hydrogen-bond acceptors (Lipinski definition) is 2. The van der Waals surface area contributed by atoms with Crippen molar-refractivity contribution in [2.24, 2.45) is 11.8 Å². The van der Waals surface area contributed by atoms with Crippen molar-refractivity contribution in [3.63, 3.8) is 0 Å². The van der Waals surface area contributed by atoms with E-state index in [0.717, 1.165) is 29.9 Å². The van der Waals surface area contributed by atoms with Crippen molar-refractivity contribution in [2.75, 3.05) is 5.32 Å². The number of amides is 3. The lowest BCUT2D eigenvalue weighted by Gasteiger charge is -2.34. The third kappa shape index (κ3) is 6.31. The Labute approximate surface area is 171 Å². The van der Waals surface area contributed by atoms with E-state index in [2.05, 4.69) is 22.9 Å². The van der Waals surface area contributed by atoms with Crippen molar-refractivity contribution in [1.82, 2.24) is 10.6 Å². The van der Waals surface area contributed by atoms with Crippen molar-refractivity contribution in [1.29, 1.82) is 0 Å². The first-order valence-corrected chi connectivity index (χ1v) is 10.2. The van der Waals surface area contributed by atoms with E-state index in [9.17, 15) is 14.0 Å². The molecule has 0 aromatic heterocycles. The van der Waals surface area contributed by atoms with Gasteiger partial charge in [-0.1, -0.05) is 44.0 Å². The van der Waals surface area contributed by atoms with Crippen molar-refractivity contribution in [3.05, 3.63) is 65.5 Å². The minimum atomic E-state index is -0.331. The molecule has 0 saturated heterocycles. The molecule has 5 nitrogen and oxygen atoms in total. The van der Waals surface area contributed by atoms with Crippen LogP contribution >= 0.6 is 0 Å². The summed E-state index contributed by atoms with van der Waals surface area (Å²) in [5.74, 6) is 0.718. The van der Waals surface area contributed by atoms with Crippen LogP contribution < -0.4 is 16.0 Å². The molecule has 0 unspecified atom stereocenters. The van der Waals surface area contributed by atoms with Gasteiger partial charge in [0, 0.05) is 24.7 Å². The highest BCUT2D eigenvalue weighted by Crippen LogP contribution is 2.36. The Hall–Kier alpha value is -2.89. The summed E-state index contributed by atoms with van der Waals surface area (Å²) in [5.41, 5.74) is 2.47. The summed E-state index contributed by atoms with van der Waals surface area (Å²) in [7, 11) is 0. The molecule has 0 bridgehead atoms. The van der Waals surface area contributed by atoms with Crippen LogP contribution in [0.3, 0.4) is 0 Å². The van der Waals surface area contributed by atoms with E-state index in [0.29, 0.717) is 18.8 Å². The van der Waals surface area contributed by atoms with Gasteiger partial charge in [0.15, 0.2) is 0 Å². The molecule has 29 heavy (non-hydrogen) atoms. The molecule has 6 heteroatoms. The third-order valence-electron chi connectivity index (χ3n) is 5.35. The number of benzene rings is 2. The fraction of sp³-hybridized carbons (Fsp3) is 0.391. The SMILES string of the molecule is CCCC1CC(C(=O)NCc2ccc(NC(=O)NCc3ccc(F)cc3)cc2)C1. The van der Waals surface area contributed by atoms with E-state index in [-0.39, 0.29) is 23.7 Å². The second-order valence-corrected chi connectivity index (χ2v) is 7.67. The number of nitrogens with one attached hydrogen (secondary N) is 3. The minimum absolute atomic E-state index is 0.139. The summed E-state index contributed by atoms with van der Waals surface area (Å²) in [4.78, 5) is 24.2. The van der Waals surface area contributed by atoms with Gasteiger partial charge in [0.1, 0.15) is 5.82 Å². The number of carbonyl (C=O) groups excluding carboxylic acids is 2. The molecule has 1 aliphatic rings. The molecule has 154 valence electrons. The van der Waals surface area contributed by atoms with Crippen molar-refractivity contribution in [2.45, 2.75) is 45.7 Å². The third-order valence-corrected chi connectivity index (χ3v) is 5.35. The van der Waals surface area contributed by atoms with Gasteiger partial charge in [-0.25, -0.2) is 9.18 Å². The summed E-state index contributed by atoms with van der Waals surface area (Å²) in [6.07, 6.45) is 4.42. The number of carbonyl (C=O) groups is 2. The van der Waals surface area contributed by atoms with Crippen LogP contribution in [0.1, 0.15) is 43.7 Å². The zero-order valence-corrected chi connectivity index (χ0v) is 16.7. The lowest BCUT2D eigenvalue weighted by atomic mass is 9.72. The maximum atomic E-state index is 12.9. The van der Waals surface area contributed by atoms with E-state index in [1.807, 2.05) is 12.1 Å². The molecule has 1 saturated carbocycles. The second kappa shape index (κ2) is 10.0. The molecule has 3 N–H and O–H groups in total. The number of urea groups is 1. The standard InChI is InChI=1S/C23H28FN3O2/c1-2-3-18-12-19(13-18)22(28)25-14-17-6-10-21(11-7-17)27-23(29)26-15-16-4-8-20(24)9-5-16/h4-11,18-19H,2-3,12-15H2,1H3,(H,25,28)(H2,26,27,29). The number of anilines is 1. The molecule has 0 spiro atoms. The fourth-order valence-corrected chi connectivity index (χ4v) is 3.59. The molecule has 0 aliphatic heterocycles. The largest absolute Gasteiger partial charge is 0.352 e. The molecule has 0 atom stereocenters. The van der Waals surface area contributed by atoms with Gasteiger partial charge in [0.25, 0.3) is 0 Å². The molecule has 2 aromatic rings. The summed E-state index contributed by atoms with van der Waals surface area (Å²) in [6.45, 7) is 2.99. The van der Waals surface area contributed by atoms with Gasteiger partial charge < -0.3 is 16.0 Å². The summed E-state index contributed by atoms with van der Waals surface area (Å²) in [5, 5.41) is 8.49. The van der Waals surface area contributed by atoms with Gasteiger partial charge in [0.2, 0.25) is 5.91 Å². The summed E-state index contributed by atoms with van der Waals surface area (Å²) >= 11 is 0. The maximum absolute atomic E-state index is 12.9. The van der Waals surface area contributed by atoms with Crippen LogP contribution in [0.25, 0.3) is 0 Å². The Balaban J connectivity index is 1.37. The average molecular weight is 397 g/mol. The quantitative estimate of drug-likeness (QED) is 0.610. The molecule has 3 amide bonds. The first kappa shape index (κ1) is 20.8. The van der Waals surface area contributed by atoms with Gasteiger partial charge in [-0.2, -0.15) is 0 Å². The summed E-state index contributed by atoms with van der Waals surface area (Å²) < 4.78 is 12.9. The molecule has 1 fully saturated rings. The van der Waals surface area contributed by atoms with Crippen LogP contribution in [-0.4, -0.2) is 11.9 Å². The second-order valence-electron chi connectivity index (χ2n) is 7.67. The Morgan fingerprint density at radius 2 is 1.52 bits per heavy atom. The zero-order chi connectivity index (χ0) is 20.6. The normalized spacial score (nSPS) is 17.9. The minimum Gasteiger partial charge on any atom is -0.352 e. The van der Waals surface area contributed by atoms with Crippen molar-refractivity contribution >= 4 is 17.6 Å². The lowest BCUT2D eigenvalue weighted by molar-refractivity contribution is -0.129. The monoisotopic (exact) mass is 397 g/mol.